The van der Waals surface area contributed by atoms with Gasteiger partial charge in [-0.15, -0.1) is 0 Å². The van der Waals surface area contributed by atoms with Crippen LogP contribution in [0.25, 0.3) is 16.6 Å². The van der Waals surface area contributed by atoms with Gasteiger partial charge < -0.3 is 0 Å². The van der Waals surface area contributed by atoms with E-state index in [9.17, 15) is 4.79 Å². The molecule has 16 heavy (non-hydrogen) atoms. The quantitative estimate of drug-likeness (QED) is 0.530. The minimum absolute atomic E-state index is 0.0965. The molecule has 0 N–H and O–H groups in total. The second-order valence-corrected chi connectivity index (χ2v) is 3.69. The number of aryl methyl sites for hydroxylation is 1. The predicted octanol–water partition coefficient (Wildman–Crippen LogP) is 1.55. The van der Waals surface area contributed by atoms with E-state index in [1.54, 1.807) is 0 Å². The average molecular weight is 211 g/mol. The van der Waals surface area contributed by atoms with Crippen molar-refractivity contribution in [2.75, 3.05) is 0 Å². The second kappa shape index (κ2) is 3.13. The molecule has 0 aliphatic carbocycles. The molecular formula is C12H9N3O. The van der Waals surface area contributed by atoms with E-state index in [1.165, 1.54) is 16.8 Å². The molecule has 78 valence electrons. The van der Waals surface area contributed by atoms with E-state index in [-0.39, 0.29) is 5.56 Å². The molecule has 4 heteroatoms. The van der Waals surface area contributed by atoms with Crippen LogP contribution in [0.4, 0.5) is 0 Å². The number of rotatable bonds is 0. The largest absolute Gasteiger partial charge is 0.269 e. The van der Waals surface area contributed by atoms with E-state index in [1.807, 2.05) is 31.2 Å². The van der Waals surface area contributed by atoms with Crippen LogP contribution in [0.3, 0.4) is 0 Å². The molecule has 3 aromatic rings. The molecule has 0 radical (unpaired) electrons. The van der Waals surface area contributed by atoms with E-state index in [0.717, 1.165) is 16.6 Å². The zero-order valence-electron chi connectivity index (χ0n) is 8.71. The third-order valence-corrected chi connectivity index (χ3v) is 2.54. The van der Waals surface area contributed by atoms with Crippen LogP contribution in [0.2, 0.25) is 0 Å². The molecule has 3 rings (SSSR count). The molecule has 2 aromatic heterocycles. The summed E-state index contributed by atoms with van der Waals surface area (Å²) in [6, 6.07) is 9.16. The Kier molecular flexibility index (Phi) is 1.77. The summed E-state index contributed by atoms with van der Waals surface area (Å²) < 4.78 is 1.47. The van der Waals surface area contributed by atoms with Crippen LogP contribution in [-0.2, 0) is 0 Å². The summed E-state index contributed by atoms with van der Waals surface area (Å²) >= 11 is 0. The van der Waals surface area contributed by atoms with Crippen molar-refractivity contribution in [1.82, 2.24) is 14.4 Å². The molecule has 0 bridgehead atoms. The summed E-state index contributed by atoms with van der Waals surface area (Å²) in [6.07, 6.45) is 1.52. The molecule has 0 unspecified atom stereocenters. The van der Waals surface area contributed by atoms with Crippen molar-refractivity contribution in [3.8, 4) is 0 Å². The van der Waals surface area contributed by atoms with E-state index in [4.69, 9.17) is 0 Å². The molecule has 0 saturated heterocycles. The van der Waals surface area contributed by atoms with E-state index < -0.39 is 0 Å². The van der Waals surface area contributed by atoms with E-state index in [0.29, 0.717) is 5.65 Å². The van der Waals surface area contributed by atoms with Gasteiger partial charge in [0, 0.05) is 17.1 Å². The molecule has 0 aliphatic rings. The van der Waals surface area contributed by atoms with Gasteiger partial charge in [0.05, 0.1) is 5.52 Å². The average Bonchev–Trinajstić information content (AvgIpc) is 2.28. The van der Waals surface area contributed by atoms with Gasteiger partial charge in [-0.25, -0.2) is 9.97 Å². The second-order valence-electron chi connectivity index (χ2n) is 3.69. The Morgan fingerprint density at radius 1 is 1.25 bits per heavy atom. The molecule has 0 fully saturated rings. The first kappa shape index (κ1) is 9.03. The van der Waals surface area contributed by atoms with Crippen LogP contribution in [0.1, 0.15) is 5.69 Å². The molecule has 0 atom stereocenters. The van der Waals surface area contributed by atoms with Crippen LogP contribution in [0, 0.1) is 6.92 Å². The van der Waals surface area contributed by atoms with Gasteiger partial charge in [-0.05, 0) is 19.1 Å². The number of nitrogens with zero attached hydrogens (tertiary/aromatic N) is 3. The standard InChI is InChI=1S/C12H9N3O/c1-8-6-11(16)15-7-13-10-5-3-2-4-9(10)12(15)14-8/h2-7H,1H3. The number of para-hydroxylation sites is 1. The van der Waals surface area contributed by atoms with Gasteiger partial charge in [-0.1, -0.05) is 12.1 Å². The molecule has 2 heterocycles. The maximum Gasteiger partial charge on any atom is 0.259 e. The SMILES string of the molecule is Cc1cc(=O)n2cnc3ccccc3c2n1. The normalized spacial score (nSPS) is 11.1. The number of hydrogen-bond donors (Lipinski definition) is 0. The van der Waals surface area contributed by atoms with E-state index >= 15 is 0 Å². The summed E-state index contributed by atoms with van der Waals surface area (Å²) in [5.41, 5.74) is 2.14. The fourth-order valence-electron chi connectivity index (χ4n) is 1.80. The lowest BCUT2D eigenvalue weighted by atomic mass is 10.2. The first-order valence-electron chi connectivity index (χ1n) is 4.99. The maximum atomic E-state index is 11.7. The van der Waals surface area contributed by atoms with Crippen molar-refractivity contribution in [2.45, 2.75) is 6.92 Å². The zero-order chi connectivity index (χ0) is 11.1. The van der Waals surface area contributed by atoms with Crippen LogP contribution in [0.15, 0.2) is 41.5 Å². The summed E-state index contributed by atoms with van der Waals surface area (Å²) in [5.74, 6) is 0. The highest BCUT2D eigenvalue weighted by Crippen LogP contribution is 2.14. The lowest BCUT2D eigenvalue weighted by Gasteiger charge is -2.03. The first-order chi connectivity index (χ1) is 7.75. The molecule has 4 nitrogen and oxygen atoms in total. The van der Waals surface area contributed by atoms with Gasteiger partial charge in [0.15, 0.2) is 5.65 Å². The third kappa shape index (κ3) is 1.20. The highest BCUT2D eigenvalue weighted by atomic mass is 16.1. The van der Waals surface area contributed by atoms with Crippen LogP contribution < -0.4 is 5.56 Å². The van der Waals surface area contributed by atoms with Gasteiger partial charge in [-0.2, -0.15) is 0 Å². The molecule has 0 saturated carbocycles. The van der Waals surface area contributed by atoms with Crippen LogP contribution in [0.5, 0.6) is 0 Å². The van der Waals surface area contributed by atoms with Gasteiger partial charge in [0.2, 0.25) is 0 Å². The van der Waals surface area contributed by atoms with Gasteiger partial charge in [0.25, 0.3) is 5.56 Å². The van der Waals surface area contributed by atoms with Crippen molar-refractivity contribution in [3.63, 3.8) is 0 Å². The topological polar surface area (TPSA) is 47.3 Å². The van der Waals surface area contributed by atoms with Gasteiger partial charge in [0.1, 0.15) is 6.33 Å². The fraction of sp³-hybridized carbons (Fsp3) is 0.0833. The molecule has 0 aliphatic heterocycles. The van der Waals surface area contributed by atoms with Crippen molar-refractivity contribution < 1.29 is 0 Å². The smallest absolute Gasteiger partial charge is 0.259 e. The fourth-order valence-corrected chi connectivity index (χ4v) is 1.80. The maximum absolute atomic E-state index is 11.7. The lowest BCUT2D eigenvalue weighted by molar-refractivity contribution is 0.993. The third-order valence-electron chi connectivity index (χ3n) is 2.54. The summed E-state index contributed by atoms with van der Waals surface area (Å²) in [6.45, 7) is 1.82. The van der Waals surface area contributed by atoms with Gasteiger partial charge in [-0.3, -0.25) is 9.20 Å². The Balaban J connectivity index is 2.65. The summed E-state index contributed by atoms with van der Waals surface area (Å²) in [7, 11) is 0. The lowest BCUT2D eigenvalue weighted by Crippen LogP contribution is -2.15. The highest BCUT2D eigenvalue weighted by Gasteiger charge is 2.04. The van der Waals surface area contributed by atoms with Crippen molar-refractivity contribution in [1.29, 1.82) is 0 Å². The van der Waals surface area contributed by atoms with Crippen molar-refractivity contribution in [2.24, 2.45) is 0 Å². The Hall–Kier alpha value is -2.23. The molecule has 0 spiro atoms. The summed E-state index contributed by atoms with van der Waals surface area (Å²) in [5, 5.41) is 0.894. The molecule has 0 amide bonds. The highest BCUT2D eigenvalue weighted by molar-refractivity contribution is 5.90. The Morgan fingerprint density at radius 3 is 2.94 bits per heavy atom. The van der Waals surface area contributed by atoms with Crippen molar-refractivity contribution in [3.05, 3.63) is 52.7 Å². The first-order valence-corrected chi connectivity index (χ1v) is 4.99. The Labute approximate surface area is 91.2 Å². The minimum Gasteiger partial charge on any atom is -0.269 e. The Bertz CT molecular complexity index is 746. The van der Waals surface area contributed by atoms with E-state index in [2.05, 4.69) is 9.97 Å². The monoisotopic (exact) mass is 211 g/mol. The zero-order valence-corrected chi connectivity index (χ0v) is 8.71. The molecular weight excluding hydrogens is 202 g/mol. The summed E-state index contributed by atoms with van der Waals surface area (Å²) in [4.78, 5) is 20.3. The predicted molar refractivity (Wildman–Crippen MR) is 61.5 cm³/mol. The van der Waals surface area contributed by atoms with Crippen molar-refractivity contribution >= 4 is 16.6 Å². The van der Waals surface area contributed by atoms with Gasteiger partial charge >= 0.3 is 0 Å². The Morgan fingerprint density at radius 2 is 2.06 bits per heavy atom. The van der Waals surface area contributed by atoms with Crippen LogP contribution in [-0.4, -0.2) is 14.4 Å². The number of aromatic nitrogens is 3. The number of benzene rings is 1. The number of hydrogen-bond acceptors (Lipinski definition) is 3. The van der Waals surface area contributed by atoms with Crippen LogP contribution >= 0.6 is 0 Å². The minimum atomic E-state index is -0.0965. The molecule has 1 aromatic carbocycles. The number of fused-ring (bicyclic) bond motifs is 3.